The van der Waals surface area contributed by atoms with Crippen LogP contribution in [0.5, 0.6) is 0 Å². The van der Waals surface area contributed by atoms with Crippen LogP contribution in [-0.2, 0) is 11.2 Å². The van der Waals surface area contributed by atoms with Gasteiger partial charge in [-0.3, -0.25) is 4.79 Å². The maximum absolute atomic E-state index is 12.3. The number of carbonyl (C=O) groups excluding carboxylic acids is 1. The van der Waals surface area contributed by atoms with Gasteiger partial charge in [0.1, 0.15) is 5.52 Å². The van der Waals surface area contributed by atoms with Crippen LogP contribution in [0.2, 0.25) is 5.02 Å². The first kappa shape index (κ1) is 20.9. The van der Waals surface area contributed by atoms with Crippen molar-refractivity contribution in [2.75, 3.05) is 5.32 Å². The number of anilines is 1. The van der Waals surface area contributed by atoms with Gasteiger partial charge in [-0.25, -0.2) is 4.98 Å². The fraction of sp³-hybridized carbons (Fsp3) is 0.154. The predicted molar refractivity (Wildman–Crippen MR) is 126 cm³/mol. The Morgan fingerprint density at radius 2 is 1.81 bits per heavy atom. The molecule has 156 valence electrons. The van der Waals surface area contributed by atoms with E-state index in [9.17, 15) is 4.79 Å². The first-order chi connectivity index (χ1) is 15.0. The van der Waals surface area contributed by atoms with Crippen molar-refractivity contribution in [3.05, 3.63) is 100 Å². The van der Waals surface area contributed by atoms with Crippen molar-refractivity contribution in [2.45, 2.75) is 26.2 Å². The molecule has 0 radical (unpaired) electrons. The van der Waals surface area contributed by atoms with Crippen molar-refractivity contribution in [3.63, 3.8) is 0 Å². The average Bonchev–Trinajstić information content (AvgIpc) is 3.15. The summed E-state index contributed by atoms with van der Waals surface area (Å²) in [5.41, 5.74) is 5.38. The molecule has 0 aliphatic carbocycles. The molecule has 4 nitrogen and oxygen atoms in total. The molecule has 1 amide bonds. The summed E-state index contributed by atoms with van der Waals surface area (Å²) >= 11 is 5.93. The molecule has 1 N–H and O–H groups in total. The standard InChI is InChI=1S/C26H23ClN2O2/c1-17(2)20-8-3-18(4-9-20)7-14-25(30)28-22-12-13-24-23(16-22)29-26(31-24)15-19-5-10-21(27)11-6-19/h3-14,16-17H,15H2,1-2H3,(H,28,30)/b14-7+. The predicted octanol–water partition coefficient (Wildman–Crippen LogP) is 6.85. The lowest BCUT2D eigenvalue weighted by Gasteiger charge is -2.04. The number of nitrogens with one attached hydrogen (secondary N) is 1. The molecular formula is C26H23ClN2O2. The number of hydrogen-bond acceptors (Lipinski definition) is 3. The lowest BCUT2D eigenvalue weighted by atomic mass is 10.0. The maximum Gasteiger partial charge on any atom is 0.248 e. The lowest BCUT2D eigenvalue weighted by molar-refractivity contribution is -0.111. The van der Waals surface area contributed by atoms with Gasteiger partial charge in [0, 0.05) is 23.2 Å². The molecule has 0 spiro atoms. The summed E-state index contributed by atoms with van der Waals surface area (Å²) in [5, 5.41) is 3.57. The maximum atomic E-state index is 12.3. The number of nitrogens with zero attached hydrogens (tertiary/aromatic N) is 1. The number of amides is 1. The molecule has 31 heavy (non-hydrogen) atoms. The second-order valence-corrected chi connectivity index (χ2v) is 8.17. The van der Waals surface area contributed by atoms with Crippen LogP contribution in [0.4, 0.5) is 5.69 Å². The van der Waals surface area contributed by atoms with Crippen LogP contribution in [0.3, 0.4) is 0 Å². The molecule has 4 rings (SSSR count). The van der Waals surface area contributed by atoms with Crippen molar-refractivity contribution >= 4 is 40.4 Å². The zero-order valence-electron chi connectivity index (χ0n) is 17.4. The molecular weight excluding hydrogens is 408 g/mol. The van der Waals surface area contributed by atoms with Crippen LogP contribution in [0.25, 0.3) is 17.2 Å². The number of benzene rings is 3. The van der Waals surface area contributed by atoms with E-state index in [2.05, 4.69) is 36.3 Å². The van der Waals surface area contributed by atoms with E-state index in [0.717, 1.165) is 11.1 Å². The first-order valence-electron chi connectivity index (χ1n) is 10.2. The normalized spacial score (nSPS) is 11.5. The minimum Gasteiger partial charge on any atom is -0.440 e. The molecule has 3 aromatic carbocycles. The van der Waals surface area contributed by atoms with Crippen LogP contribution < -0.4 is 5.32 Å². The first-order valence-corrected chi connectivity index (χ1v) is 10.6. The molecule has 0 saturated heterocycles. The van der Waals surface area contributed by atoms with Gasteiger partial charge >= 0.3 is 0 Å². The third kappa shape index (κ3) is 5.41. The van der Waals surface area contributed by atoms with Gasteiger partial charge in [-0.15, -0.1) is 0 Å². The van der Waals surface area contributed by atoms with E-state index in [0.29, 0.717) is 40.0 Å². The Morgan fingerprint density at radius 1 is 1.06 bits per heavy atom. The second kappa shape index (κ2) is 9.19. The molecule has 5 heteroatoms. The number of oxazole rings is 1. The number of carbonyl (C=O) groups is 1. The molecule has 1 heterocycles. The van der Waals surface area contributed by atoms with Gasteiger partial charge in [0.25, 0.3) is 0 Å². The van der Waals surface area contributed by atoms with Gasteiger partial charge in [-0.2, -0.15) is 0 Å². The van der Waals surface area contributed by atoms with Gasteiger partial charge in [0.2, 0.25) is 5.91 Å². The van der Waals surface area contributed by atoms with Crippen molar-refractivity contribution in [1.29, 1.82) is 0 Å². The summed E-state index contributed by atoms with van der Waals surface area (Å²) in [6.45, 7) is 4.31. The molecule has 0 bridgehead atoms. The highest BCUT2D eigenvalue weighted by Crippen LogP contribution is 2.22. The van der Waals surface area contributed by atoms with Crippen molar-refractivity contribution in [2.24, 2.45) is 0 Å². The van der Waals surface area contributed by atoms with Gasteiger partial charge < -0.3 is 9.73 Å². The van der Waals surface area contributed by atoms with Crippen molar-refractivity contribution < 1.29 is 9.21 Å². The summed E-state index contributed by atoms with van der Waals surface area (Å²) < 4.78 is 5.82. The molecule has 0 aliphatic rings. The van der Waals surface area contributed by atoms with Gasteiger partial charge in [0.05, 0.1) is 0 Å². The molecule has 0 saturated carbocycles. The lowest BCUT2D eigenvalue weighted by Crippen LogP contribution is -2.07. The summed E-state index contributed by atoms with van der Waals surface area (Å²) in [7, 11) is 0. The number of rotatable bonds is 6. The van der Waals surface area contributed by atoms with E-state index in [1.807, 2.05) is 54.6 Å². The van der Waals surface area contributed by atoms with Gasteiger partial charge in [-0.05, 0) is 59.0 Å². The Kier molecular flexibility index (Phi) is 6.19. The van der Waals surface area contributed by atoms with E-state index in [1.165, 1.54) is 11.6 Å². The van der Waals surface area contributed by atoms with Gasteiger partial charge in [0.15, 0.2) is 11.5 Å². The van der Waals surface area contributed by atoms with Crippen molar-refractivity contribution in [1.82, 2.24) is 4.98 Å². The fourth-order valence-electron chi connectivity index (χ4n) is 3.25. The molecule has 0 aliphatic heterocycles. The number of halogens is 1. The summed E-state index contributed by atoms with van der Waals surface area (Å²) in [6, 6.07) is 21.2. The van der Waals surface area contributed by atoms with Crippen LogP contribution in [-0.4, -0.2) is 10.9 Å². The summed E-state index contributed by atoms with van der Waals surface area (Å²) in [6.07, 6.45) is 3.91. The van der Waals surface area contributed by atoms with Gasteiger partial charge in [-0.1, -0.05) is 61.8 Å². The Balaban J connectivity index is 1.42. The third-order valence-corrected chi connectivity index (χ3v) is 5.25. The zero-order valence-corrected chi connectivity index (χ0v) is 18.2. The minimum atomic E-state index is -0.197. The summed E-state index contributed by atoms with van der Waals surface area (Å²) in [4.78, 5) is 16.9. The highest BCUT2D eigenvalue weighted by atomic mass is 35.5. The Morgan fingerprint density at radius 3 is 2.52 bits per heavy atom. The number of aromatic nitrogens is 1. The average molecular weight is 431 g/mol. The second-order valence-electron chi connectivity index (χ2n) is 7.74. The third-order valence-electron chi connectivity index (χ3n) is 5.00. The molecule has 4 aromatic rings. The van der Waals surface area contributed by atoms with Crippen molar-refractivity contribution in [3.8, 4) is 0 Å². The Labute approximate surface area is 186 Å². The number of fused-ring (bicyclic) bond motifs is 1. The topological polar surface area (TPSA) is 55.1 Å². The molecule has 1 aromatic heterocycles. The highest BCUT2D eigenvalue weighted by Gasteiger charge is 2.09. The van der Waals surface area contributed by atoms with Crippen LogP contribution in [0.1, 0.15) is 42.3 Å². The van der Waals surface area contributed by atoms with E-state index in [1.54, 1.807) is 6.08 Å². The molecule has 0 unspecified atom stereocenters. The minimum absolute atomic E-state index is 0.197. The number of hydrogen-bond donors (Lipinski definition) is 1. The SMILES string of the molecule is CC(C)c1ccc(/C=C/C(=O)Nc2ccc3oc(Cc4ccc(Cl)cc4)nc3c2)cc1. The zero-order chi connectivity index (χ0) is 21.8. The highest BCUT2D eigenvalue weighted by molar-refractivity contribution is 6.30. The molecule has 0 fully saturated rings. The fourth-order valence-corrected chi connectivity index (χ4v) is 3.38. The molecule has 0 atom stereocenters. The van der Waals surface area contributed by atoms with E-state index in [4.69, 9.17) is 16.0 Å². The van der Waals surface area contributed by atoms with Crippen LogP contribution in [0, 0.1) is 0 Å². The van der Waals surface area contributed by atoms with Crippen LogP contribution in [0.15, 0.2) is 77.2 Å². The smallest absolute Gasteiger partial charge is 0.248 e. The Hall–Kier alpha value is -3.37. The quantitative estimate of drug-likeness (QED) is 0.340. The van der Waals surface area contributed by atoms with Crippen LogP contribution >= 0.6 is 11.6 Å². The van der Waals surface area contributed by atoms with E-state index >= 15 is 0 Å². The van der Waals surface area contributed by atoms with E-state index < -0.39 is 0 Å². The summed E-state index contributed by atoms with van der Waals surface area (Å²) in [5.74, 6) is 0.905. The largest absolute Gasteiger partial charge is 0.440 e. The Bertz CT molecular complexity index is 1220. The van der Waals surface area contributed by atoms with E-state index in [-0.39, 0.29) is 5.91 Å². The monoisotopic (exact) mass is 430 g/mol.